The molecular formula is C18H19ClN6O4S3. The van der Waals surface area contributed by atoms with Crippen LogP contribution in [0.1, 0.15) is 17.1 Å². The largest absolute Gasteiger partial charge is 0.477 e. The van der Waals surface area contributed by atoms with Crippen molar-refractivity contribution < 1.29 is 19.5 Å². The molecular weight excluding hydrogens is 496 g/mol. The number of carboxylic acids is 1. The lowest BCUT2D eigenvalue weighted by Crippen LogP contribution is -2.70. The summed E-state index contributed by atoms with van der Waals surface area (Å²) in [5, 5.41) is 25.6. The Kier molecular flexibility index (Phi) is 6.79. The standard InChI is InChI=1S/C18H19ClN6O4S3/c1-8-11(19)5-24(23-8)4-3-12(26)20-13-15(27)25-14(17(28)29)10(6-30-16(13)25)7-31-18-22-21-9(2)32-18/h5,13,16H,3-4,6-7H2,1-2H3,(H,20,26)(H,28,29)/t13-,16+/m1/s1. The van der Waals surface area contributed by atoms with Crippen molar-refractivity contribution in [3.8, 4) is 0 Å². The van der Waals surface area contributed by atoms with Crippen molar-refractivity contribution in [2.24, 2.45) is 0 Å². The van der Waals surface area contributed by atoms with E-state index < -0.39 is 23.3 Å². The van der Waals surface area contributed by atoms with E-state index in [4.69, 9.17) is 11.6 Å². The number of hydrogen-bond acceptors (Lipinski definition) is 9. The lowest BCUT2D eigenvalue weighted by atomic mass is 10.0. The molecule has 2 N–H and O–H groups in total. The number of carbonyl (C=O) groups is 3. The van der Waals surface area contributed by atoms with Gasteiger partial charge < -0.3 is 10.4 Å². The number of aliphatic carboxylic acids is 1. The molecule has 0 spiro atoms. The van der Waals surface area contributed by atoms with Crippen LogP contribution in [0, 0.1) is 13.8 Å². The van der Waals surface area contributed by atoms with Gasteiger partial charge in [0.25, 0.3) is 5.91 Å². The molecule has 2 aromatic heterocycles. The molecule has 0 aromatic carbocycles. The van der Waals surface area contributed by atoms with Gasteiger partial charge in [0.05, 0.1) is 10.7 Å². The first-order valence-corrected chi connectivity index (χ1v) is 12.8. The van der Waals surface area contributed by atoms with Crippen molar-refractivity contribution >= 4 is 64.2 Å². The van der Waals surface area contributed by atoms with Gasteiger partial charge in [0, 0.05) is 30.7 Å². The predicted molar refractivity (Wildman–Crippen MR) is 122 cm³/mol. The van der Waals surface area contributed by atoms with Crippen LogP contribution in [0.4, 0.5) is 0 Å². The topological polar surface area (TPSA) is 130 Å². The fraction of sp³-hybridized carbons (Fsp3) is 0.444. The minimum Gasteiger partial charge on any atom is -0.477 e. The second-order valence-corrected chi connectivity index (χ2v) is 11.1. The van der Waals surface area contributed by atoms with Gasteiger partial charge in [0.1, 0.15) is 22.1 Å². The van der Waals surface area contributed by atoms with Crippen LogP contribution in [-0.2, 0) is 20.9 Å². The molecule has 10 nitrogen and oxygen atoms in total. The minimum atomic E-state index is -1.15. The lowest BCUT2D eigenvalue weighted by molar-refractivity contribution is -0.150. The van der Waals surface area contributed by atoms with Crippen LogP contribution in [0.5, 0.6) is 0 Å². The van der Waals surface area contributed by atoms with Gasteiger partial charge in [-0.25, -0.2) is 4.79 Å². The predicted octanol–water partition coefficient (Wildman–Crippen LogP) is 1.93. The SMILES string of the molecule is Cc1nnc(SCC2=C(C(=O)O)N3C(=O)[C@@H](NC(=O)CCn4cc(Cl)c(C)n4)[C@@H]3SC2)s1. The number of aryl methyl sites for hydroxylation is 3. The summed E-state index contributed by atoms with van der Waals surface area (Å²) >= 11 is 10.3. The van der Waals surface area contributed by atoms with Gasteiger partial charge in [-0.15, -0.1) is 22.0 Å². The molecule has 0 radical (unpaired) electrons. The monoisotopic (exact) mass is 514 g/mol. The summed E-state index contributed by atoms with van der Waals surface area (Å²) in [5.74, 6) is -1.01. The molecule has 2 aliphatic heterocycles. The summed E-state index contributed by atoms with van der Waals surface area (Å²) < 4.78 is 2.33. The Morgan fingerprint density at radius 2 is 2.16 bits per heavy atom. The summed E-state index contributed by atoms with van der Waals surface area (Å²) in [6.45, 7) is 3.95. The Morgan fingerprint density at radius 3 is 2.78 bits per heavy atom. The quantitative estimate of drug-likeness (QED) is 0.400. The summed E-state index contributed by atoms with van der Waals surface area (Å²) in [6, 6.07) is -0.746. The van der Waals surface area contributed by atoms with Gasteiger partial charge >= 0.3 is 5.97 Å². The first kappa shape index (κ1) is 23.1. The highest BCUT2D eigenvalue weighted by Gasteiger charge is 2.54. The second kappa shape index (κ2) is 9.41. The van der Waals surface area contributed by atoms with Crippen LogP contribution < -0.4 is 5.32 Å². The zero-order valence-electron chi connectivity index (χ0n) is 17.1. The molecule has 32 heavy (non-hydrogen) atoms. The number of nitrogens with one attached hydrogen (secondary N) is 1. The third-order valence-electron chi connectivity index (χ3n) is 4.90. The number of carbonyl (C=O) groups excluding carboxylic acids is 2. The molecule has 2 aliphatic rings. The molecule has 2 aromatic rings. The maximum atomic E-state index is 12.7. The van der Waals surface area contributed by atoms with E-state index in [-0.39, 0.29) is 18.0 Å². The number of rotatable bonds is 8. The molecule has 170 valence electrons. The van der Waals surface area contributed by atoms with Crippen LogP contribution in [0.15, 0.2) is 21.8 Å². The van der Waals surface area contributed by atoms with Crippen LogP contribution in [-0.4, -0.2) is 70.7 Å². The average Bonchev–Trinajstić information content (AvgIpc) is 3.32. The van der Waals surface area contributed by atoms with Crippen LogP contribution in [0.3, 0.4) is 0 Å². The highest BCUT2D eigenvalue weighted by Crippen LogP contribution is 2.41. The van der Waals surface area contributed by atoms with Gasteiger partial charge in [-0.3, -0.25) is 19.2 Å². The van der Waals surface area contributed by atoms with Crippen LogP contribution in [0.25, 0.3) is 0 Å². The molecule has 0 saturated carbocycles. The molecule has 14 heteroatoms. The number of amides is 2. The van der Waals surface area contributed by atoms with E-state index in [9.17, 15) is 19.5 Å². The molecule has 4 heterocycles. The average molecular weight is 515 g/mol. The Morgan fingerprint density at radius 1 is 1.38 bits per heavy atom. The van der Waals surface area contributed by atoms with E-state index >= 15 is 0 Å². The fourth-order valence-corrected chi connectivity index (χ4v) is 6.80. The van der Waals surface area contributed by atoms with E-state index in [1.54, 1.807) is 17.8 Å². The van der Waals surface area contributed by atoms with Crippen LogP contribution >= 0.6 is 46.5 Å². The molecule has 2 atom stereocenters. The van der Waals surface area contributed by atoms with Gasteiger partial charge in [-0.1, -0.05) is 34.7 Å². The number of aromatic nitrogens is 4. The summed E-state index contributed by atoms with van der Waals surface area (Å²) in [7, 11) is 0. The van der Waals surface area contributed by atoms with Gasteiger partial charge in [-0.2, -0.15) is 5.10 Å². The number of β-lactam (4-membered cyclic amide) rings is 1. The van der Waals surface area contributed by atoms with Crippen molar-refractivity contribution in [3.05, 3.63) is 33.2 Å². The zero-order valence-corrected chi connectivity index (χ0v) is 20.3. The highest BCUT2D eigenvalue weighted by molar-refractivity contribution is 8.01. The van der Waals surface area contributed by atoms with Gasteiger partial charge in [0.15, 0.2) is 4.34 Å². The molecule has 1 fully saturated rings. The normalized spacial score (nSPS) is 20.2. The highest BCUT2D eigenvalue weighted by atomic mass is 35.5. The molecule has 2 amide bonds. The van der Waals surface area contributed by atoms with E-state index in [0.29, 0.717) is 34.3 Å². The summed E-state index contributed by atoms with van der Waals surface area (Å²) in [5.41, 5.74) is 1.33. The summed E-state index contributed by atoms with van der Waals surface area (Å²) in [4.78, 5) is 38.3. The third-order valence-corrected chi connectivity index (χ3v) is 8.67. The smallest absolute Gasteiger partial charge is 0.352 e. The molecule has 1 saturated heterocycles. The second-order valence-electron chi connectivity index (χ2n) is 7.16. The maximum Gasteiger partial charge on any atom is 0.352 e. The Bertz CT molecular complexity index is 1100. The summed E-state index contributed by atoms with van der Waals surface area (Å²) in [6.07, 6.45) is 1.77. The lowest BCUT2D eigenvalue weighted by Gasteiger charge is -2.49. The van der Waals surface area contributed by atoms with Gasteiger partial charge in [-0.05, 0) is 19.4 Å². The number of nitrogens with zero attached hydrogens (tertiary/aromatic N) is 5. The van der Waals surface area contributed by atoms with E-state index in [0.717, 1.165) is 9.35 Å². The molecule has 0 bridgehead atoms. The molecule has 4 rings (SSSR count). The first-order chi connectivity index (χ1) is 15.2. The fourth-order valence-electron chi connectivity index (χ4n) is 3.35. The van der Waals surface area contributed by atoms with Crippen molar-refractivity contribution in [3.63, 3.8) is 0 Å². The van der Waals surface area contributed by atoms with Crippen molar-refractivity contribution in [1.82, 2.24) is 30.2 Å². The van der Waals surface area contributed by atoms with E-state index in [1.165, 1.54) is 39.8 Å². The van der Waals surface area contributed by atoms with Gasteiger partial charge in [0.2, 0.25) is 5.91 Å². The number of hydrogen-bond donors (Lipinski definition) is 2. The molecule has 0 unspecified atom stereocenters. The number of carboxylic acid groups (broad SMARTS) is 1. The minimum absolute atomic E-state index is 0.000329. The Hall–Kier alpha value is -2.09. The first-order valence-electron chi connectivity index (χ1n) is 9.56. The van der Waals surface area contributed by atoms with Crippen molar-refractivity contribution in [2.75, 3.05) is 11.5 Å². The van der Waals surface area contributed by atoms with Crippen molar-refractivity contribution in [1.29, 1.82) is 0 Å². The number of halogens is 1. The van der Waals surface area contributed by atoms with Crippen LogP contribution in [0.2, 0.25) is 5.02 Å². The third kappa shape index (κ3) is 4.65. The maximum absolute atomic E-state index is 12.7. The van der Waals surface area contributed by atoms with E-state index in [1.807, 2.05) is 6.92 Å². The van der Waals surface area contributed by atoms with E-state index in [2.05, 4.69) is 20.6 Å². The zero-order chi connectivity index (χ0) is 23.0. The number of fused-ring (bicyclic) bond motifs is 1. The Balaban J connectivity index is 1.37. The number of thioether (sulfide) groups is 2. The van der Waals surface area contributed by atoms with Crippen molar-refractivity contribution in [2.45, 2.75) is 42.6 Å². The Labute approximate surface area is 200 Å². The molecule has 0 aliphatic carbocycles.